The van der Waals surface area contributed by atoms with E-state index in [1.54, 1.807) is 66.4 Å². The van der Waals surface area contributed by atoms with Crippen LogP contribution in [-0.2, 0) is 19.6 Å². The van der Waals surface area contributed by atoms with Crippen LogP contribution in [0.5, 0.6) is 17.2 Å². The molecule has 0 fully saturated rings. The summed E-state index contributed by atoms with van der Waals surface area (Å²) in [6.07, 6.45) is 3.36. The van der Waals surface area contributed by atoms with Crippen LogP contribution >= 0.6 is 0 Å². The van der Waals surface area contributed by atoms with E-state index in [-0.39, 0.29) is 36.1 Å². The normalized spacial score (nSPS) is 11.2. The molecule has 0 atom stereocenters. The molecule has 0 bridgehead atoms. The number of rotatable bonds is 11. The molecule has 0 aliphatic rings. The number of aromatic nitrogens is 8. The summed E-state index contributed by atoms with van der Waals surface area (Å²) >= 11 is 0. The highest BCUT2D eigenvalue weighted by molar-refractivity contribution is 5.94. The number of fused-ring (bicyclic) bond motifs is 1. The quantitative estimate of drug-likeness (QED) is 0.215. The first-order chi connectivity index (χ1) is 22.8. The average Bonchev–Trinajstić information content (AvgIpc) is 3.75. The molecule has 6 rings (SSSR count). The van der Waals surface area contributed by atoms with Gasteiger partial charge >= 0.3 is 0 Å². The van der Waals surface area contributed by atoms with E-state index in [0.717, 1.165) is 11.1 Å². The molecule has 47 heavy (non-hydrogen) atoms. The second-order valence-electron chi connectivity index (χ2n) is 10.8. The van der Waals surface area contributed by atoms with Crippen LogP contribution in [0.4, 0.5) is 4.39 Å². The largest absolute Gasteiger partial charge is 0.497 e. The molecular weight excluding hydrogens is 605 g/mol. The van der Waals surface area contributed by atoms with Gasteiger partial charge in [0.15, 0.2) is 17.5 Å². The van der Waals surface area contributed by atoms with E-state index in [1.165, 1.54) is 0 Å². The van der Waals surface area contributed by atoms with E-state index in [1.807, 2.05) is 44.2 Å². The van der Waals surface area contributed by atoms with Crippen LogP contribution in [0.2, 0.25) is 0 Å². The third kappa shape index (κ3) is 5.85. The van der Waals surface area contributed by atoms with Crippen molar-refractivity contribution in [1.82, 2.24) is 44.2 Å². The van der Waals surface area contributed by atoms with Crippen LogP contribution in [0.1, 0.15) is 40.1 Å². The number of benzene rings is 2. The Labute approximate surface area is 270 Å². The van der Waals surface area contributed by atoms with E-state index in [0.29, 0.717) is 46.5 Å². The summed E-state index contributed by atoms with van der Waals surface area (Å²) in [5, 5.41) is 16.3. The van der Waals surface area contributed by atoms with Crippen LogP contribution in [0.25, 0.3) is 28.6 Å². The number of amides is 1. The Kier molecular flexibility index (Phi) is 8.57. The van der Waals surface area contributed by atoms with Crippen LogP contribution < -0.4 is 19.5 Å². The number of nitrogens with one attached hydrogen (secondary N) is 1. The van der Waals surface area contributed by atoms with E-state index >= 15 is 4.39 Å². The molecule has 2 aromatic carbocycles. The summed E-state index contributed by atoms with van der Waals surface area (Å²) < 4.78 is 36.7. The number of methoxy groups -OCH3 is 3. The fourth-order valence-corrected chi connectivity index (χ4v) is 5.38. The third-order valence-electron chi connectivity index (χ3n) is 7.82. The lowest BCUT2D eigenvalue weighted by Crippen LogP contribution is -2.25. The maximum Gasteiger partial charge on any atom is 0.287 e. The van der Waals surface area contributed by atoms with Gasteiger partial charge < -0.3 is 19.5 Å². The molecule has 14 heteroatoms. The van der Waals surface area contributed by atoms with Gasteiger partial charge in [0.2, 0.25) is 5.82 Å². The zero-order valence-electron chi connectivity index (χ0n) is 26.9. The van der Waals surface area contributed by atoms with Gasteiger partial charge in [-0.05, 0) is 50.6 Å². The fraction of sp³-hybridized carbons (Fsp3) is 0.273. The molecule has 0 unspecified atom stereocenters. The van der Waals surface area contributed by atoms with Crippen LogP contribution in [0.3, 0.4) is 0 Å². The highest BCUT2D eigenvalue weighted by atomic mass is 19.1. The van der Waals surface area contributed by atoms with Gasteiger partial charge in [-0.2, -0.15) is 5.10 Å². The monoisotopic (exact) mass is 639 g/mol. The molecular formula is C33H34FN9O4. The molecule has 1 amide bonds. The average molecular weight is 640 g/mol. The predicted molar refractivity (Wildman–Crippen MR) is 171 cm³/mol. The molecule has 4 heterocycles. The molecule has 0 aliphatic carbocycles. The van der Waals surface area contributed by atoms with Crippen LogP contribution in [0.15, 0.2) is 54.9 Å². The summed E-state index contributed by atoms with van der Waals surface area (Å²) in [5.74, 6) is 1.72. The van der Waals surface area contributed by atoms with Crippen molar-refractivity contribution in [2.45, 2.75) is 40.4 Å². The van der Waals surface area contributed by atoms with Gasteiger partial charge in [-0.15, -0.1) is 10.2 Å². The zero-order chi connectivity index (χ0) is 33.2. The number of hydrogen-bond donors (Lipinski definition) is 1. The number of imidazole rings is 1. The lowest BCUT2D eigenvalue weighted by molar-refractivity contribution is 0.0939. The first kappa shape index (κ1) is 31.2. The van der Waals surface area contributed by atoms with Crippen molar-refractivity contribution < 1.29 is 23.4 Å². The molecule has 0 aliphatic heterocycles. The van der Waals surface area contributed by atoms with E-state index in [2.05, 4.69) is 25.6 Å². The first-order valence-corrected chi connectivity index (χ1v) is 14.9. The highest BCUT2D eigenvalue weighted by Gasteiger charge is 2.28. The Morgan fingerprint density at radius 3 is 2.38 bits per heavy atom. The second-order valence-corrected chi connectivity index (χ2v) is 10.8. The molecule has 13 nitrogen and oxygen atoms in total. The second kappa shape index (κ2) is 12.9. The number of ether oxygens (including phenoxy) is 3. The predicted octanol–water partition coefficient (Wildman–Crippen LogP) is 4.63. The van der Waals surface area contributed by atoms with Crippen molar-refractivity contribution in [2.24, 2.45) is 0 Å². The van der Waals surface area contributed by atoms with Gasteiger partial charge in [-0.1, -0.05) is 12.1 Å². The SMILES string of the molecule is CCn1nc(C)c(F)c1-c1nnc(-c2nc(C(=O)NCc3ccc(OC)cc3OC)n3cc(C)ncc23)n1Cc1ccc(OC)cc1. The molecule has 6 aromatic rings. The fourth-order valence-electron chi connectivity index (χ4n) is 5.38. The van der Waals surface area contributed by atoms with Crippen molar-refractivity contribution in [1.29, 1.82) is 0 Å². The Morgan fingerprint density at radius 2 is 1.68 bits per heavy atom. The Hall–Kier alpha value is -5.79. The van der Waals surface area contributed by atoms with Crippen molar-refractivity contribution >= 4 is 11.4 Å². The third-order valence-corrected chi connectivity index (χ3v) is 7.82. The van der Waals surface area contributed by atoms with E-state index < -0.39 is 11.7 Å². The van der Waals surface area contributed by atoms with E-state index in [9.17, 15) is 4.79 Å². The Morgan fingerprint density at radius 1 is 0.957 bits per heavy atom. The summed E-state index contributed by atoms with van der Waals surface area (Å²) in [4.78, 5) is 23.0. The number of carbonyl (C=O) groups excluding carboxylic acids is 1. The number of hydrogen-bond acceptors (Lipinski definition) is 9. The number of halogens is 1. The number of nitrogens with zero attached hydrogens (tertiary/aromatic N) is 8. The van der Waals surface area contributed by atoms with E-state index in [4.69, 9.17) is 19.2 Å². The summed E-state index contributed by atoms with van der Waals surface area (Å²) in [6.45, 7) is 6.18. The van der Waals surface area contributed by atoms with Gasteiger partial charge in [0.25, 0.3) is 5.91 Å². The highest BCUT2D eigenvalue weighted by Crippen LogP contribution is 2.31. The van der Waals surface area contributed by atoms with Gasteiger partial charge in [0.1, 0.15) is 28.6 Å². The van der Waals surface area contributed by atoms with Gasteiger partial charge in [-0.3, -0.25) is 23.4 Å². The smallest absolute Gasteiger partial charge is 0.287 e. The summed E-state index contributed by atoms with van der Waals surface area (Å²) in [6, 6.07) is 12.9. The first-order valence-electron chi connectivity index (χ1n) is 14.9. The van der Waals surface area contributed by atoms with Crippen LogP contribution in [-0.4, -0.2) is 66.2 Å². The topological polar surface area (TPSA) is 136 Å². The maximum atomic E-state index is 15.6. The maximum absolute atomic E-state index is 15.6. The van der Waals surface area contributed by atoms with Crippen molar-refractivity contribution in [3.63, 3.8) is 0 Å². The number of carbonyl (C=O) groups is 1. The van der Waals surface area contributed by atoms with Gasteiger partial charge in [-0.25, -0.2) is 9.37 Å². The molecule has 0 radical (unpaired) electrons. The zero-order valence-corrected chi connectivity index (χ0v) is 26.9. The minimum absolute atomic E-state index is 0.120. The minimum atomic E-state index is -0.484. The van der Waals surface area contributed by atoms with Gasteiger partial charge in [0, 0.05) is 30.9 Å². The molecule has 242 valence electrons. The molecule has 0 saturated heterocycles. The lowest BCUT2D eigenvalue weighted by atomic mass is 10.2. The van der Waals surface area contributed by atoms with Crippen molar-refractivity contribution in [3.05, 3.63) is 89.0 Å². The molecule has 4 aromatic heterocycles. The molecule has 0 saturated carbocycles. The summed E-state index contributed by atoms with van der Waals surface area (Å²) in [7, 11) is 4.73. The Bertz CT molecular complexity index is 2080. The van der Waals surface area contributed by atoms with Gasteiger partial charge in [0.05, 0.1) is 51.0 Å². The number of aryl methyl sites for hydroxylation is 3. The minimum Gasteiger partial charge on any atom is -0.497 e. The summed E-state index contributed by atoms with van der Waals surface area (Å²) in [5.41, 5.74) is 3.67. The Balaban J connectivity index is 1.46. The lowest BCUT2D eigenvalue weighted by Gasteiger charge is -2.11. The van der Waals surface area contributed by atoms with Crippen LogP contribution in [0, 0.1) is 19.7 Å². The molecule has 1 N–H and O–H groups in total. The molecule has 0 spiro atoms. The van der Waals surface area contributed by atoms with Crippen molar-refractivity contribution in [2.75, 3.05) is 21.3 Å². The van der Waals surface area contributed by atoms with Crippen molar-refractivity contribution in [3.8, 4) is 40.3 Å². The standard InChI is InChI=1S/C33H34FN9O4/c1-7-43-29(27(34)20(3)40-43)31-39-38-30(42(31)18-21-8-11-23(45-4)12-9-21)28-25-16-35-19(2)17-41(25)32(37-28)33(44)36-15-22-10-13-24(46-5)14-26(22)47-6/h8-14,16-17H,7,15,18H2,1-6H3,(H,36,44).